The lowest BCUT2D eigenvalue weighted by Gasteiger charge is -2.20. The molecule has 3 rings (SSSR count). The molecule has 2 aromatic carbocycles. The van der Waals surface area contributed by atoms with E-state index in [1.165, 1.54) is 24.3 Å². The SMILES string of the molecule is COC(=O)c1ccc(F)cc1N(c1ccc(S(=O)(=O)C2CC2)cc1)[SH](=O)=O. The quantitative estimate of drug-likeness (QED) is 0.576. The van der Waals surface area contributed by atoms with Gasteiger partial charge < -0.3 is 4.74 Å². The first-order valence-electron chi connectivity index (χ1n) is 7.92. The first-order valence-corrected chi connectivity index (χ1v) is 10.6. The van der Waals surface area contributed by atoms with Crippen molar-refractivity contribution in [2.75, 3.05) is 11.4 Å². The van der Waals surface area contributed by atoms with E-state index in [4.69, 9.17) is 0 Å². The van der Waals surface area contributed by atoms with E-state index in [1.54, 1.807) is 0 Å². The normalized spacial score (nSPS) is 14.2. The molecule has 0 aliphatic heterocycles. The molecule has 1 aliphatic rings. The maximum absolute atomic E-state index is 13.7. The van der Waals surface area contributed by atoms with Crippen molar-refractivity contribution < 1.29 is 30.8 Å². The summed E-state index contributed by atoms with van der Waals surface area (Å²) in [7, 11) is -5.61. The van der Waals surface area contributed by atoms with Crippen LogP contribution in [0, 0.1) is 5.82 Å². The average Bonchev–Trinajstić information content (AvgIpc) is 3.47. The zero-order valence-corrected chi connectivity index (χ0v) is 15.9. The summed E-state index contributed by atoms with van der Waals surface area (Å²) < 4.78 is 67.3. The van der Waals surface area contributed by atoms with Crippen molar-refractivity contribution in [2.24, 2.45) is 0 Å². The number of thiol groups is 1. The molecule has 144 valence electrons. The summed E-state index contributed by atoms with van der Waals surface area (Å²) in [6.07, 6.45) is 1.21. The van der Waals surface area contributed by atoms with Gasteiger partial charge in [-0.3, -0.25) is 0 Å². The van der Waals surface area contributed by atoms with Crippen LogP contribution in [0.2, 0.25) is 0 Å². The fourth-order valence-corrected chi connectivity index (χ4v) is 4.95. The summed E-state index contributed by atoms with van der Waals surface area (Å²) >= 11 is 0. The molecule has 10 heteroatoms. The highest BCUT2D eigenvalue weighted by Gasteiger charge is 2.36. The van der Waals surface area contributed by atoms with E-state index < -0.39 is 37.8 Å². The van der Waals surface area contributed by atoms with Gasteiger partial charge in [-0.05, 0) is 55.3 Å². The van der Waals surface area contributed by atoms with E-state index in [9.17, 15) is 26.0 Å². The molecule has 1 saturated carbocycles. The minimum absolute atomic E-state index is 0.0663. The number of hydrogen-bond donors (Lipinski definition) is 1. The van der Waals surface area contributed by atoms with Gasteiger partial charge in [0, 0.05) is 0 Å². The summed E-state index contributed by atoms with van der Waals surface area (Å²) in [5, 5.41) is -0.398. The number of nitrogens with zero attached hydrogens (tertiary/aromatic N) is 1. The van der Waals surface area contributed by atoms with E-state index in [0.29, 0.717) is 12.8 Å². The minimum Gasteiger partial charge on any atom is -0.465 e. The number of anilines is 2. The summed E-state index contributed by atoms with van der Waals surface area (Å²) in [5.41, 5.74) is -0.305. The minimum atomic E-state index is -3.43. The van der Waals surface area contributed by atoms with Gasteiger partial charge in [0.2, 0.25) is 10.9 Å². The van der Waals surface area contributed by atoms with Crippen LogP contribution >= 0.6 is 0 Å². The highest BCUT2D eigenvalue weighted by Crippen LogP contribution is 2.35. The maximum Gasteiger partial charge on any atom is 0.340 e. The molecule has 0 amide bonds. The van der Waals surface area contributed by atoms with Gasteiger partial charge in [-0.2, -0.15) is 0 Å². The van der Waals surface area contributed by atoms with Crippen molar-refractivity contribution in [1.82, 2.24) is 0 Å². The number of hydrogen-bond acceptors (Lipinski definition) is 6. The molecule has 27 heavy (non-hydrogen) atoms. The smallest absolute Gasteiger partial charge is 0.340 e. The summed E-state index contributed by atoms with van der Waals surface area (Å²) in [5.74, 6) is -1.58. The molecule has 0 N–H and O–H groups in total. The third-order valence-corrected chi connectivity index (χ3v) is 7.18. The predicted octanol–water partition coefficient (Wildman–Crippen LogP) is 2.21. The lowest BCUT2D eigenvalue weighted by atomic mass is 10.1. The number of methoxy groups -OCH3 is 1. The highest BCUT2D eigenvalue weighted by atomic mass is 32.2. The largest absolute Gasteiger partial charge is 0.465 e. The molecular formula is C17H16FNO6S2. The number of carbonyl (C=O) groups is 1. The topological polar surface area (TPSA) is 97.8 Å². The molecule has 0 radical (unpaired) electrons. The van der Waals surface area contributed by atoms with Crippen LogP contribution in [0.25, 0.3) is 0 Å². The van der Waals surface area contributed by atoms with Gasteiger partial charge in [0.25, 0.3) is 0 Å². The number of ether oxygens (including phenoxy) is 1. The molecule has 1 aliphatic carbocycles. The van der Waals surface area contributed by atoms with Crippen LogP contribution in [0.3, 0.4) is 0 Å². The van der Waals surface area contributed by atoms with Crippen molar-refractivity contribution in [3.63, 3.8) is 0 Å². The van der Waals surface area contributed by atoms with Gasteiger partial charge >= 0.3 is 5.97 Å². The Kier molecular flexibility index (Phi) is 5.20. The van der Waals surface area contributed by atoms with Gasteiger partial charge in [0.1, 0.15) is 5.82 Å². The molecule has 0 saturated heterocycles. The number of carbonyl (C=O) groups excluding carboxylic acids is 1. The van der Waals surface area contributed by atoms with Gasteiger partial charge in [-0.25, -0.2) is 30.3 Å². The van der Waals surface area contributed by atoms with Crippen molar-refractivity contribution in [2.45, 2.75) is 23.0 Å². The van der Waals surface area contributed by atoms with E-state index in [2.05, 4.69) is 4.74 Å². The van der Waals surface area contributed by atoms with Crippen LogP contribution in [-0.2, 0) is 25.5 Å². The Labute approximate surface area is 157 Å². The zero-order valence-electron chi connectivity index (χ0n) is 14.2. The van der Waals surface area contributed by atoms with Crippen LogP contribution in [0.4, 0.5) is 15.8 Å². The molecule has 2 aromatic rings. The summed E-state index contributed by atoms with van der Waals surface area (Å²) in [6, 6.07) is 8.22. The second-order valence-electron chi connectivity index (χ2n) is 5.94. The van der Waals surface area contributed by atoms with Crippen LogP contribution in [0.5, 0.6) is 0 Å². The molecule has 0 unspecified atom stereocenters. The van der Waals surface area contributed by atoms with Crippen molar-refractivity contribution in [1.29, 1.82) is 0 Å². The molecule has 7 nitrogen and oxygen atoms in total. The molecule has 0 aromatic heterocycles. The Morgan fingerprint density at radius 2 is 1.78 bits per heavy atom. The predicted molar refractivity (Wildman–Crippen MR) is 96.8 cm³/mol. The third-order valence-electron chi connectivity index (χ3n) is 4.13. The Hall–Kier alpha value is -2.46. The summed E-state index contributed by atoms with van der Waals surface area (Å²) in [4.78, 5) is 12.0. The van der Waals surface area contributed by atoms with E-state index >= 15 is 0 Å². The van der Waals surface area contributed by atoms with Crippen LogP contribution < -0.4 is 4.31 Å². The Balaban J connectivity index is 2.07. The van der Waals surface area contributed by atoms with Crippen LogP contribution in [0.1, 0.15) is 23.2 Å². The lowest BCUT2D eigenvalue weighted by Crippen LogP contribution is -2.19. The zero-order chi connectivity index (χ0) is 19.8. The second-order valence-corrected chi connectivity index (χ2v) is 9.04. The number of esters is 1. The molecule has 1 fully saturated rings. The Bertz CT molecular complexity index is 1050. The first kappa shape index (κ1) is 19.3. The van der Waals surface area contributed by atoms with Crippen molar-refractivity contribution >= 4 is 38.1 Å². The molecule has 0 atom stereocenters. The number of halogens is 1. The van der Waals surface area contributed by atoms with Crippen molar-refractivity contribution in [3.05, 3.63) is 53.8 Å². The fraction of sp³-hybridized carbons (Fsp3) is 0.235. The van der Waals surface area contributed by atoms with Gasteiger partial charge in [-0.1, -0.05) is 0 Å². The van der Waals surface area contributed by atoms with Crippen molar-refractivity contribution in [3.8, 4) is 0 Å². The van der Waals surface area contributed by atoms with E-state index in [0.717, 1.165) is 29.6 Å². The molecule has 0 spiro atoms. The van der Waals surface area contributed by atoms with Gasteiger partial charge in [0.15, 0.2) is 9.84 Å². The van der Waals surface area contributed by atoms with E-state index in [-0.39, 0.29) is 21.8 Å². The molecule has 0 heterocycles. The second kappa shape index (κ2) is 7.28. The van der Waals surface area contributed by atoms with Crippen LogP contribution in [0.15, 0.2) is 47.4 Å². The van der Waals surface area contributed by atoms with Crippen LogP contribution in [-0.4, -0.2) is 35.2 Å². The molecular weight excluding hydrogens is 397 g/mol. The lowest BCUT2D eigenvalue weighted by molar-refractivity contribution is 0.0601. The highest BCUT2D eigenvalue weighted by molar-refractivity contribution is 7.92. The first-order chi connectivity index (χ1) is 12.8. The van der Waals surface area contributed by atoms with Gasteiger partial charge in [-0.15, -0.1) is 0 Å². The Morgan fingerprint density at radius 3 is 2.30 bits per heavy atom. The number of rotatable bonds is 6. The fourth-order valence-electron chi connectivity index (χ4n) is 2.63. The summed E-state index contributed by atoms with van der Waals surface area (Å²) in [6.45, 7) is 0. The molecule has 0 bridgehead atoms. The van der Waals surface area contributed by atoms with Gasteiger partial charge in [0.05, 0.1) is 34.2 Å². The maximum atomic E-state index is 13.7. The standard InChI is InChI=1S/C17H16FNO6S2/c1-25-17(20)15-9-2-11(18)10-16(15)19(26(21)22)12-3-5-13(6-4-12)27(23,24)14-7-8-14/h2-6,9-10,14,26H,7-8H2,1H3. The third kappa shape index (κ3) is 3.81. The average molecular weight is 413 g/mol. The Morgan fingerprint density at radius 1 is 1.15 bits per heavy atom. The van der Waals surface area contributed by atoms with E-state index in [1.807, 2.05) is 0 Å². The number of benzene rings is 2. The monoisotopic (exact) mass is 413 g/mol. The number of sulfone groups is 1.